The zero-order valence-electron chi connectivity index (χ0n) is 10.5. The third-order valence-electron chi connectivity index (χ3n) is 2.85. The highest BCUT2D eigenvalue weighted by Crippen LogP contribution is 2.16. The normalized spacial score (nSPS) is 10.3. The number of nitrogens with zero attached hydrogens (tertiary/aromatic N) is 1. The number of carbonyl (C=O) groups excluding carboxylic acids is 1. The maximum absolute atomic E-state index is 13.5. The van der Waals surface area contributed by atoms with E-state index in [1.807, 2.05) is 6.07 Å². The van der Waals surface area contributed by atoms with Crippen LogP contribution in [0.1, 0.15) is 15.9 Å². The largest absolute Gasteiger partial charge is 0.337 e. The van der Waals surface area contributed by atoms with Gasteiger partial charge in [0.2, 0.25) is 0 Å². The number of halogens is 1. The van der Waals surface area contributed by atoms with Crippen molar-refractivity contribution in [2.75, 3.05) is 7.05 Å². The molecule has 0 aliphatic heterocycles. The third kappa shape index (κ3) is 3.15. The minimum Gasteiger partial charge on any atom is -0.337 e. The van der Waals surface area contributed by atoms with Crippen LogP contribution >= 0.6 is 12.6 Å². The van der Waals surface area contributed by atoms with E-state index in [9.17, 15) is 9.18 Å². The molecule has 0 N–H and O–H groups in total. The Morgan fingerprint density at radius 3 is 2.47 bits per heavy atom. The minimum absolute atomic E-state index is 0.172. The minimum atomic E-state index is -0.304. The molecule has 0 saturated heterocycles. The SMILES string of the molecule is CN(Cc1ccccc1F)C(=O)c1ccccc1S. The molecule has 0 fully saturated rings. The molecule has 1 amide bonds. The smallest absolute Gasteiger partial charge is 0.255 e. The number of carbonyl (C=O) groups is 1. The van der Waals surface area contributed by atoms with Crippen molar-refractivity contribution in [3.05, 3.63) is 65.5 Å². The van der Waals surface area contributed by atoms with Crippen LogP contribution in [-0.4, -0.2) is 17.9 Å². The van der Waals surface area contributed by atoms with E-state index in [1.54, 1.807) is 43.4 Å². The Balaban J connectivity index is 2.17. The van der Waals surface area contributed by atoms with E-state index >= 15 is 0 Å². The van der Waals surface area contributed by atoms with Crippen molar-refractivity contribution >= 4 is 18.5 Å². The van der Waals surface area contributed by atoms with Crippen LogP contribution in [0, 0.1) is 5.82 Å². The first-order chi connectivity index (χ1) is 9.09. The number of hydrogen-bond acceptors (Lipinski definition) is 2. The van der Waals surface area contributed by atoms with E-state index in [2.05, 4.69) is 12.6 Å². The van der Waals surface area contributed by atoms with Crippen LogP contribution in [0.4, 0.5) is 4.39 Å². The molecule has 2 aromatic carbocycles. The predicted molar refractivity (Wildman–Crippen MR) is 75.9 cm³/mol. The summed E-state index contributed by atoms with van der Waals surface area (Å²) in [6.07, 6.45) is 0. The lowest BCUT2D eigenvalue weighted by Crippen LogP contribution is -2.26. The van der Waals surface area contributed by atoms with E-state index in [0.29, 0.717) is 16.0 Å². The van der Waals surface area contributed by atoms with E-state index in [1.165, 1.54) is 11.0 Å². The molecule has 0 radical (unpaired) electrons. The monoisotopic (exact) mass is 275 g/mol. The average Bonchev–Trinajstić information content (AvgIpc) is 2.41. The van der Waals surface area contributed by atoms with Crippen LogP contribution in [-0.2, 0) is 6.54 Å². The summed E-state index contributed by atoms with van der Waals surface area (Å²) < 4.78 is 13.5. The van der Waals surface area contributed by atoms with Gasteiger partial charge in [-0.1, -0.05) is 30.3 Å². The summed E-state index contributed by atoms with van der Waals surface area (Å²) >= 11 is 4.26. The quantitative estimate of drug-likeness (QED) is 0.851. The molecule has 2 rings (SSSR count). The molecule has 0 aliphatic carbocycles. The molecule has 4 heteroatoms. The van der Waals surface area contributed by atoms with Gasteiger partial charge in [-0.3, -0.25) is 4.79 Å². The van der Waals surface area contributed by atoms with Crippen molar-refractivity contribution in [2.45, 2.75) is 11.4 Å². The van der Waals surface area contributed by atoms with Crippen LogP contribution in [0.3, 0.4) is 0 Å². The van der Waals surface area contributed by atoms with Gasteiger partial charge in [-0.05, 0) is 18.2 Å². The van der Waals surface area contributed by atoms with Gasteiger partial charge < -0.3 is 4.90 Å². The molecular weight excluding hydrogens is 261 g/mol. The zero-order chi connectivity index (χ0) is 13.8. The summed E-state index contributed by atoms with van der Waals surface area (Å²) in [4.78, 5) is 14.3. The van der Waals surface area contributed by atoms with Gasteiger partial charge in [0, 0.05) is 24.1 Å². The Bertz CT molecular complexity index is 600. The molecule has 0 unspecified atom stereocenters. The van der Waals surface area contributed by atoms with Crippen LogP contribution in [0.25, 0.3) is 0 Å². The van der Waals surface area contributed by atoms with Gasteiger partial charge in [0.05, 0.1) is 5.56 Å². The van der Waals surface area contributed by atoms with E-state index in [0.717, 1.165) is 0 Å². The molecule has 0 spiro atoms. The van der Waals surface area contributed by atoms with Crippen molar-refractivity contribution in [1.82, 2.24) is 4.90 Å². The van der Waals surface area contributed by atoms with Crippen molar-refractivity contribution < 1.29 is 9.18 Å². The summed E-state index contributed by atoms with van der Waals surface area (Å²) in [6.45, 7) is 0.230. The molecule has 98 valence electrons. The zero-order valence-corrected chi connectivity index (χ0v) is 11.4. The highest BCUT2D eigenvalue weighted by atomic mass is 32.1. The lowest BCUT2D eigenvalue weighted by Gasteiger charge is -2.18. The molecule has 0 heterocycles. The maximum atomic E-state index is 13.5. The molecule has 0 saturated carbocycles. The van der Waals surface area contributed by atoms with Gasteiger partial charge >= 0.3 is 0 Å². The summed E-state index contributed by atoms with van der Waals surface area (Å²) in [7, 11) is 1.65. The lowest BCUT2D eigenvalue weighted by atomic mass is 10.1. The van der Waals surface area contributed by atoms with Gasteiger partial charge in [0.1, 0.15) is 5.82 Å². The molecule has 0 aromatic heterocycles. The second-order valence-electron chi connectivity index (χ2n) is 4.27. The first-order valence-electron chi connectivity index (χ1n) is 5.86. The van der Waals surface area contributed by atoms with E-state index < -0.39 is 0 Å². The molecule has 0 bridgehead atoms. The highest BCUT2D eigenvalue weighted by molar-refractivity contribution is 7.80. The summed E-state index contributed by atoms with van der Waals surface area (Å²) in [5.41, 5.74) is 1.01. The van der Waals surface area contributed by atoms with Crippen LogP contribution in [0.15, 0.2) is 53.4 Å². The molecule has 2 aromatic rings. The fraction of sp³-hybridized carbons (Fsp3) is 0.133. The fourth-order valence-corrected chi connectivity index (χ4v) is 2.07. The van der Waals surface area contributed by atoms with Gasteiger partial charge in [0.15, 0.2) is 0 Å². The first kappa shape index (κ1) is 13.6. The lowest BCUT2D eigenvalue weighted by molar-refractivity contribution is 0.0780. The van der Waals surface area contributed by atoms with Gasteiger partial charge in [0.25, 0.3) is 5.91 Å². The maximum Gasteiger partial charge on any atom is 0.255 e. The van der Waals surface area contributed by atoms with Crippen molar-refractivity contribution in [3.8, 4) is 0 Å². The number of benzene rings is 2. The fourth-order valence-electron chi connectivity index (χ4n) is 1.81. The first-order valence-corrected chi connectivity index (χ1v) is 6.31. The van der Waals surface area contributed by atoms with Crippen molar-refractivity contribution in [1.29, 1.82) is 0 Å². The topological polar surface area (TPSA) is 20.3 Å². The number of hydrogen-bond donors (Lipinski definition) is 1. The van der Waals surface area contributed by atoms with Crippen molar-refractivity contribution in [2.24, 2.45) is 0 Å². The summed E-state index contributed by atoms with van der Waals surface area (Å²) in [5.74, 6) is -0.477. The number of amides is 1. The molecule has 0 atom stereocenters. The summed E-state index contributed by atoms with van der Waals surface area (Å²) in [6, 6.07) is 13.5. The Labute approximate surface area is 117 Å². The second kappa shape index (κ2) is 5.89. The highest BCUT2D eigenvalue weighted by Gasteiger charge is 2.15. The van der Waals surface area contributed by atoms with Crippen LogP contribution in [0.2, 0.25) is 0 Å². The predicted octanol–water partition coefficient (Wildman–Crippen LogP) is 3.39. The molecule has 0 aliphatic rings. The second-order valence-corrected chi connectivity index (χ2v) is 4.75. The van der Waals surface area contributed by atoms with Gasteiger partial charge in [-0.2, -0.15) is 0 Å². The Hall–Kier alpha value is -1.81. The van der Waals surface area contributed by atoms with E-state index in [-0.39, 0.29) is 18.3 Å². The Morgan fingerprint density at radius 1 is 1.16 bits per heavy atom. The number of thiol groups is 1. The van der Waals surface area contributed by atoms with Crippen LogP contribution < -0.4 is 0 Å². The van der Waals surface area contributed by atoms with Gasteiger partial charge in [-0.25, -0.2) is 4.39 Å². The molecule has 19 heavy (non-hydrogen) atoms. The average molecular weight is 275 g/mol. The molecular formula is C15H14FNOS. The summed E-state index contributed by atoms with van der Waals surface area (Å²) in [5, 5.41) is 0. The third-order valence-corrected chi connectivity index (χ3v) is 3.24. The van der Waals surface area contributed by atoms with Crippen LogP contribution in [0.5, 0.6) is 0 Å². The van der Waals surface area contributed by atoms with Crippen molar-refractivity contribution in [3.63, 3.8) is 0 Å². The Kier molecular flexibility index (Phi) is 4.22. The number of rotatable bonds is 3. The Morgan fingerprint density at radius 2 is 1.79 bits per heavy atom. The molecule has 2 nitrogen and oxygen atoms in total. The standard InChI is InChI=1S/C15H14FNOS/c1-17(10-11-6-2-4-8-13(11)16)15(18)12-7-3-5-9-14(12)19/h2-9,19H,10H2,1H3. The van der Waals surface area contributed by atoms with Gasteiger partial charge in [-0.15, -0.1) is 12.6 Å². The van der Waals surface area contributed by atoms with E-state index in [4.69, 9.17) is 0 Å².